The molecule has 11 heavy (non-hydrogen) atoms. The van der Waals surface area contributed by atoms with Gasteiger partial charge in [-0.3, -0.25) is 0 Å². The summed E-state index contributed by atoms with van der Waals surface area (Å²) in [5, 5.41) is 0. The molecule has 0 saturated heterocycles. The summed E-state index contributed by atoms with van der Waals surface area (Å²) in [5.41, 5.74) is 0. The fourth-order valence-corrected chi connectivity index (χ4v) is 1.37. The Balaban J connectivity index is 2.74. The second-order valence-electron chi connectivity index (χ2n) is 2.65. The van der Waals surface area contributed by atoms with Gasteiger partial charge in [-0.05, 0) is 19.3 Å². The molecule has 0 fully saturated rings. The Morgan fingerprint density at radius 3 is 2.36 bits per heavy atom. The molecule has 0 aliphatic carbocycles. The van der Waals surface area contributed by atoms with E-state index in [2.05, 4.69) is 0 Å². The minimum atomic E-state index is -0.105. The zero-order valence-electron chi connectivity index (χ0n) is 7.27. The zero-order valence-corrected chi connectivity index (χ0v) is 8.27. The number of ether oxygens (including phenoxy) is 1. The van der Waals surface area contributed by atoms with Gasteiger partial charge in [0, 0.05) is 13.7 Å². The molecule has 1 atom stereocenters. The summed E-state index contributed by atoms with van der Waals surface area (Å²) >= 11 is 0. The molecule has 66 valence electrons. The van der Waals surface area contributed by atoms with Gasteiger partial charge in [-0.1, -0.05) is 17.4 Å². The van der Waals surface area contributed by atoms with Crippen molar-refractivity contribution in [2.75, 3.05) is 19.9 Å². The summed E-state index contributed by atoms with van der Waals surface area (Å²) in [7, 11) is 1.63. The van der Waals surface area contributed by atoms with Crippen LogP contribution in [0.25, 0.3) is 0 Å². The van der Waals surface area contributed by atoms with E-state index in [1.807, 2.05) is 0 Å². The van der Waals surface area contributed by atoms with Gasteiger partial charge in [0.2, 0.25) is 0 Å². The Bertz CT molecular complexity index is 86.2. The molecule has 2 nitrogen and oxygen atoms in total. The van der Waals surface area contributed by atoms with Crippen molar-refractivity contribution >= 4 is 8.46 Å². The Morgan fingerprint density at radius 2 is 1.73 bits per heavy atom. The van der Waals surface area contributed by atoms with E-state index >= 15 is 0 Å². The summed E-state index contributed by atoms with van der Waals surface area (Å²) in [6.07, 6.45) is 6.89. The molecule has 0 aliphatic heterocycles. The molecule has 0 heterocycles. The van der Waals surface area contributed by atoms with Gasteiger partial charge in [-0.15, -0.1) is 0 Å². The lowest BCUT2D eigenvalue weighted by molar-refractivity contribution is 0.192. The third kappa shape index (κ3) is 10.1. The van der Waals surface area contributed by atoms with Crippen LogP contribution in [0.5, 0.6) is 0 Å². The lowest BCUT2D eigenvalue weighted by Gasteiger charge is -1.97. The molecule has 1 unspecified atom stereocenters. The van der Waals surface area contributed by atoms with Crippen LogP contribution in [0.15, 0.2) is 0 Å². The number of hydrogen-bond donors (Lipinski definition) is 0. The van der Waals surface area contributed by atoms with Gasteiger partial charge >= 0.3 is 8.46 Å². The quantitative estimate of drug-likeness (QED) is 0.421. The van der Waals surface area contributed by atoms with Gasteiger partial charge in [-0.25, -0.2) is 0 Å². The largest absolute Gasteiger partial charge is 0.385 e. The van der Waals surface area contributed by atoms with Gasteiger partial charge in [0.1, 0.15) is 6.16 Å². The Kier molecular flexibility index (Phi) is 10.1. The molecule has 0 aliphatic rings. The molecule has 0 bridgehead atoms. The maximum atomic E-state index is 10.1. The second kappa shape index (κ2) is 10.1. The zero-order chi connectivity index (χ0) is 8.36. The number of rotatable bonds is 8. The summed E-state index contributed by atoms with van der Waals surface area (Å²) in [6.45, 7) is 0.878. The number of methoxy groups -OCH3 is 1. The molecule has 0 radical (unpaired) electrons. The first kappa shape index (κ1) is 11.1. The smallest absolute Gasteiger partial charge is 0.324 e. The highest BCUT2D eigenvalue weighted by molar-refractivity contribution is 7.23. The van der Waals surface area contributed by atoms with Gasteiger partial charge < -0.3 is 4.74 Å². The highest BCUT2D eigenvalue weighted by atomic mass is 31.1. The third-order valence-corrected chi connectivity index (χ3v) is 2.18. The number of unbranched alkanes of at least 4 members (excludes halogenated alkanes) is 4. The van der Waals surface area contributed by atoms with Crippen LogP contribution in [0.3, 0.4) is 0 Å². The molecule has 0 aromatic carbocycles. The maximum Gasteiger partial charge on any atom is 0.324 e. The predicted octanol–water partition coefficient (Wildman–Crippen LogP) is 2.61. The Hall–Kier alpha value is 0.0600. The fourth-order valence-electron chi connectivity index (χ4n) is 0.974. The maximum absolute atomic E-state index is 10.1. The summed E-state index contributed by atoms with van der Waals surface area (Å²) in [5.74, 6) is 0. The van der Waals surface area contributed by atoms with E-state index in [1.54, 1.807) is 7.11 Å². The van der Waals surface area contributed by atoms with Crippen LogP contribution in [0.2, 0.25) is 0 Å². The van der Waals surface area contributed by atoms with Gasteiger partial charge in [0.15, 0.2) is 0 Å². The predicted molar refractivity (Wildman–Crippen MR) is 48.8 cm³/mol. The van der Waals surface area contributed by atoms with Crippen LogP contribution < -0.4 is 0 Å². The SMILES string of the molecule is COCCCCCCC[PH+]=O. The minimum Gasteiger partial charge on any atom is -0.385 e. The molecule has 0 rings (SSSR count). The van der Waals surface area contributed by atoms with E-state index in [-0.39, 0.29) is 8.46 Å². The highest BCUT2D eigenvalue weighted by Crippen LogP contribution is 2.05. The first-order valence-electron chi connectivity index (χ1n) is 4.25. The van der Waals surface area contributed by atoms with E-state index in [0.717, 1.165) is 25.6 Å². The van der Waals surface area contributed by atoms with Crippen molar-refractivity contribution in [1.29, 1.82) is 0 Å². The van der Waals surface area contributed by atoms with Crippen LogP contribution in [-0.4, -0.2) is 19.9 Å². The van der Waals surface area contributed by atoms with Crippen molar-refractivity contribution in [3.63, 3.8) is 0 Å². The van der Waals surface area contributed by atoms with Crippen LogP contribution in [-0.2, 0) is 9.30 Å². The van der Waals surface area contributed by atoms with Crippen LogP contribution in [0.4, 0.5) is 0 Å². The second-order valence-corrected chi connectivity index (χ2v) is 3.44. The van der Waals surface area contributed by atoms with Gasteiger partial charge in [0.05, 0.1) is 0 Å². The average molecular weight is 177 g/mol. The normalized spacial score (nSPS) is 10.6. The molecular formula is C8H18O2P+. The van der Waals surface area contributed by atoms with Crippen molar-refractivity contribution in [3.05, 3.63) is 0 Å². The van der Waals surface area contributed by atoms with Crippen LogP contribution in [0, 0.1) is 0 Å². The summed E-state index contributed by atoms with van der Waals surface area (Å²) in [4.78, 5) is 0. The van der Waals surface area contributed by atoms with Crippen molar-refractivity contribution in [1.82, 2.24) is 0 Å². The molecule has 3 heteroatoms. The van der Waals surface area contributed by atoms with E-state index in [1.165, 1.54) is 19.3 Å². The molecule has 0 spiro atoms. The monoisotopic (exact) mass is 177 g/mol. The molecule has 0 saturated carbocycles. The van der Waals surface area contributed by atoms with Crippen molar-refractivity contribution in [2.45, 2.75) is 32.1 Å². The van der Waals surface area contributed by atoms with Crippen molar-refractivity contribution in [3.8, 4) is 0 Å². The van der Waals surface area contributed by atoms with Crippen molar-refractivity contribution in [2.24, 2.45) is 0 Å². The molecule has 0 amide bonds. The first-order valence-corrected chi connectivity index (χ1v) is 5.37. The van der Waals surface area contributed by atoms with Gasteiger partial charge in [-0.2, -0.15) is 0 Å². The Morgan fingerprint density at radius 1 is 1.09 bits per heavy atom. The molecule has 0 aromatic heterocycles. The first-order chi connectivity index (χ1) is 5.41. The summed E-state index contributed by atoms with van der Waals surface area (Å²) in [6, 6.07) is 0. The Labute approximate surface area is 70.5 Å². The highest BCUT2D eigenvalue weighted by Gasteiger charge is 1.92. The van der Waals surface area contributed by atoms with Crippen LogP contribution in [0.1, 0.15) is 32.1 Å². The molecular weight excluding hydrogens is 159 g/mol. The standard InChI is InChI=1S/C8H17O2P/c1-10-7-5-3-2-4-6-8-11-9/h2-8H2,1H3/p+1. The molecule has 0 N–H and O–H groups in total. The topological polar surface area (TPSA) is 26.3 Å². The van der Waals surface area contributed by atoms with E-state index in [0.29, 0.717) is 0 Å². The van der Waals surface area contributed by atoms with Gasteiger partial charge in [0.25, 0.3) is 0 Å². The number of hydrogen-bond acceptors (Lipinski definition) is 2. The van der Waals surface area contributed by atoms with E-state index in [4.69, 9.17) is 4.74 Å². The minimum absolute atomic E-state index is 0.105. The fraction of sp³-hybridized carbons (Fsp3) is 1.00. The summed E-state index contributed by atoms with van der Waals surface area (Å²) < 4.78 is 15.0. The van der Waals surface area contributed by atoms with E-state index in [9.17, 15) is 4.57 Å². The van der Waals surface area contributed by atoms with Crippen molar-refractivity contribution < 1.29 is 9.30 Å². The van der Waals surface area contributed by atoms with Crippen LogP contribution >= 0.6 is 8.46 Å². The van der Waals surface area contributed by atoms with E-state index < -0.39 is 0 Å². The average Bonchev–Trinajstić information content (AvgIpc) is 2.03. The third-order valence-electron chi connectivity index (χ3n) is 1.63. The lowest BCUT2D eigenvalue weighted by Crippen LogP contribution is -1.88. The molecule has 0 aromatic rings. The lowest BCUT2D eigenvalue weighted by atomic mass is 10.2.